The van der Waals surface area contributed by atoms with Gasteiger partial charge in [0.05, 0.1) is 22.8 Å². The van der Waals surface area contributed by atoms with Crippen molar-refractivity contribution >= 4 is 47.6 Å². The Bertz CT molecular complexity index is 1180. The highest BCUT2D eigenvalue weighted by Crippen LogP contribution is 2.31. The molecule has 126 valence electrons. The molecule has 0 radical (unpaired) electrons. The molecule has 2 aromatic heterocycles. The number of nitrogens with one attached hydrogen (secondary N) is 1. The predicted molar refractivity (Wildman–Crippen MR) is 98.7 cm³/mol. The van der Waals surface area contributed by atoms with Gasteiger partial charge in [-0.2, -0.15) is 0 Å². The standard InChI is InChI=1S/C17H13N3O3S2/c1-23-12-7-8-13-14(10-12)24-17(19-13)20-25(21,22)15-6-2-4-11-5-3-9-18-16(11)15/h2-10H,1H3,(H,19,20). The first-order valence-electron chi connectivity index (χ1n) is 7.38. The van der Waals surface area contributed by atoms with Crippen LogP contribution in [0.25, 0.3) is 21.1 Å². The Balaban J connectivity index is 1.76. The van der Waals surface area contributed by atoms with Crippen molar-refractivity contribution in [2.24, 2.45) is 0 Å². The van der Waals surface area contributed by atoms with Crippen molar-refractivity contribution in [3.8, 4) is 5.75 Å². The minimum atomic E-state index is -3.80. The fraction of sp³-hybridized carbons (Fsp3) is 0.0588. The Morgan fingerprint density at radius 3 is 2.80 bits per heavy atom. The molecular formula is C17H13N3O3S2. The van der Waals surface area contributed by atoms with Crippen LogP contribution in [0.3, 0.4) is 0 Å². The van der Waals surface area contributed by atoms with Crippen molar-refractivity contribution in [1.29, 1.82) is 0 Å². The van der Waals surface area contributed by atoms with Gasteiger partial charge in [0.25, 0.3) is 10.0 Å². The summed E-state index contributed by atoms with van der Waals surface area (Å²) >= 11 is 1.25. The first-order chi connectivity index (χ1) is 12.1. The van der Waals surface area contributed by atoms with Crippen LogP contribution >= 0.6 is 11.3 Å². The molecule has 0 bridgehead atoms. The minimum Gasteiger partial charge on any atom is -0.497 e. The van der Waals surface area contributed by atoms with Crippen LogP contribution in [0, 0.1) is 0 Å². The van der Waals surface area contributed by atoms with Gasteiger partial charge in [0.1, 0.15) is 10.6 Å². The van der Waals surface area contributed by atoms with Gasteiger partial charge in [0, 0.05) is 11.6 Å². The molecule has 4 rings (SSSR count). The van der Waals surface area contributed by atoms with Gasteiger partial charge < -0.3 is 4.74 Å². The minimum absolute atomic E-state index is 0.127. The molecule has 0 fully saturated rings. The molecule has 0 amide bonds. The number of aromatic nitrogens is 2. The van der Waals surface area contributed by atoms with E-state index < -0.39 is 10.0 Å². The van der Waals surface area contributed by atoms with Gasteiger partial charge >= 0.3 is 0 Å². The number of hydrogen-bond acceptors (Lipinski definition) is 6. The Kier molecular flexibility index (Phi) is 3.78. The van der Waals surface area contributed by atoms with Crippen molar-refractivity contribution in [3.05, 3.63) is 54.7 Å². The zero-order valence-electron chi connectivity index (χ0n) is 13.1. The Hall–Kier alpha value is -2.71. The summed E-state index contributed by atoms with van der Waals surface area (Å²) in [5.74, 6) is 0.698. The molecule has 0 aliphatic heterocycles. The highest BCUT2D eigenvalue weighted by molar-refractivity contribution is 7.93. The number of fused-ring (bicyclic) bond motifs is 2. The van der Waals surface area contributed by atoms with Crippen LogP contribution < -0.4 is 9.46 Å². The molecule has 0 saturated heterocycles. The van der Waals surface area contributed by atoms with E-state index in [0.717, 1.165) is 10.1 Å². The van der Waals surface area contributed by atoms with Crippen LogP contribution in [0.2, 0.25) is 0 Å². The highest BCUT2D eigenvalue weighted by atomic mass is 32.2. The first kappa shape index (κ1) is 15.8. The second-order valence-corrected chi connectivity index (χ2v) is 7.97. The summed E-state index contributed by atoms with van der Waals surface area (Å²) in [6.07, 6.45) is 1.57. The lowest BCUT2D eigenvalue weighted by molar-refractivity contribution is 0.415. The number of nitrogens with zero attached hydrogens (tertiary/aromatic N) is 2. The molecule has 8 heteroatoms. The van der Waals surface area contributed by atoms with Gasteiger partial charge in [-0.25, -0.2) is 13.4 Å². The van der Waals surface area contributed by atoms with E-state index in [1.165, 1.54) is 17.4 Å². The average Bonchev–Trinajstić information content (AvgIpc) is 3.01. The van der Waals surface area contributed by atoms with Crippen LogP contribution in [-0.4, -0.2) is 25.5 Å². The van der Waals surface area contributed by atoms with E-state index in [2.05, 4.69) is 14.7 Å². The van der Waals surface area contributed by atoms with Gasteiger partial charge in [-0.05, 0) is 30.3 Å². The largest absolute Gasteiger partial charge is 0.497 e. The highest BCUT2D eigenvalue weighted by Gasteiger charge is 2.20. The second kappa shape index (κ2) is 5.98. The topological polar surface area (TPSA) is 81.2 Å². The van der Waals surface area contributed by atoms with Crippen molar-refractivity contribution in [2.45, 2.75) is 4.90 Å². The van der Waals surface area contributed by atoms with Crippen molar-refractivity contribution in [2.75, 3.05) is 11.8 Å². The predicted octanol–water partition coefficient (Wildman–Crippen LogP) is 3.65. The molecule has 1 N–H and O–H groups in total. The number of hydrogen-bond donors (Lipinski definition) is 1. The number of benzene rings is 2. The summed E-state index contributed by atoms with van der Waals surface area (Å²) in [5, 5.41) is 1.07. The third kappa shape index (κ3) is 2.90. The fourth-order valence-corrected chi connectivity index (χ4v) is 4.85. The maximum Gasteiger partial charge on any atom is 0.265 e. The normalized spacial score (nSPS) is 11.7. The number of thiazole rings is 1. The van der Waals surface area contributed by atoms with Crippen LogP contribution in [0.1, 0.15) is 0 Å². The molecule has 0 aliphatic rings. The zero-order valence-corrected chi connectivity index (χ0v) is 14.8. The van der Waals surface area contributed by atoms with Gasteiger partial charge in [-0.15, -0.1) is 0 Å². The Morgan fingerprint density at radius 2 is 1.96 bits per heavy atom. The number of anilines is 1. The average molecular weight is 371 g/mol. The SMILES string of the molecule is COc1ccc2nc(NS(=O)(=O)c3cccc4cccnc34)sc2c1. The summed E-state index contributed by atoms with van der Waals surface area (Å²) in [6.45, 7) is 0. The number of ether oxygens (including phenoxy) is 1. The molecule has 2 heterocycles. The fourth-order valence-electron chi connectivity index (χ4n) is 2.54. The van der Waals surface area contributed by atoms with E-state index in [1.54, 1.807) is 37.6 Å². The van der Waals surface area contributed by atoms with E-state index in [1.807, 2.05) is 18.2 Å². The molecular weight excluding hydrogens is 358 g/mol. The van der Waals surface area contributed by atoms with Crippen LogP contribution in [0.15, 0.2) is 59.6 Å². The lowest BCUT2D eigenvalue weighted by Gasteiger charge is -2.07. The quantitative estimate of drug-likeness (QED) is 0.592. The molecule has 0 spiro atoms. The summed E-state index contributed by atoms with van der Waals surface area (Å²) < 4.78 is 34.2. The number of rotatable bonds is 4. The molecule has 0 unspecified atom stereocenters. The first-order valence-corrected chi connectivity index (χ1v) is 9.68. The monoisotopic (exact) mass is 371 g/mol. The van der Waals surface area contributed by atoms with E-state index >= 15 is 0 Å². The van der Waals surface area contributed by atoms with Gasteiger partial charge in [-0.3, -0.25) is 9.71 Å². The number of sulfonamides is 1. The van der Waals surface area contributed by atoms with Gasteiger partial charge in [0.2, 0.25) is 0 Å². The molecule has 0 atom stereocenters. The van der Waals surface area contributed by atoms with Crippen molar-refractivity contribution < 1.29 is 13.2 Å². The smallest absolute Gasteiger partial charge is 0.265 e. The summed E-state index contributed by atoms with van der Waals surface area (Å²) in [4.78, 5) is 8.66. The molecule has 2 aromatic carbocycles. The zero-order chi connectivity index (χ0) is 17.4. The molecule has 0 saturated carbocycles. The maximum atomic E-state index is 12.8. The molecule has 0 aliphatic carbocycles. The summed E-state index contributed by atoms with van der Waals surface area (Å²) in [5.41, 5.74) is 1.14. The van der Waals surface area contributed by atoms with E-state index in [4.69, 9.17) is 4.74 Å². The maximum absolute atomic E-state index is 12.8. The molecule has 4 aromatic rings. The Morgan fingerprint density at radius 1 is 1.12 bits per heavy atom. The number of methoxy groups -OCH3 is 1. The summed E-state index contributed by atoms with van der Waals surface area (Å²) in [6, 6.07) is 14.1. The third-order valence-corrected chi connectivity index (χ3v) is 6.14. The van der Waals surface area contributed by atoms with E-state index in [-0.39, 0.29) is 4.90 Å². The van der Waals surface area contributed by atoms with Crippen LogP contribution in [-0.2, 0) is 10.0 Å². The van der Waals surface area contributed by atoms with E-state index in [0.29, 0.717) is 21.9 Å². The number of para-hydroxylation sites is 1. The van der Waals surface area contributed by atoms with Crippen LogP contribution in [0.4, 0.5) is 5.13 Å². The lowest BCUT2D eigenvalue weighted by atomic mass is 10.2. The third-order valence-electron chi connectivity index (χ3n) is 3.70. The molecule has 25 heavy (non-hydrogen) atoms. The second-order valence-electron chi connectivity index (χ2n) is 5.29. The number of pyridine rings is 1. The van der Waals surface area contributed by atoms with Crippen molar-refractivity contribution in [1.82, 2.24) is 9.97 Å². The lowest BCUT2D eigenvalue weighted by Crippen LogP contribution is -2.13. The summed E-state index contributed by atoms with van der Waals surface area (Å²) in [7, 11) is -2.22. The van der Waals surface area contributed by atoms with Crippen LogP contribution in [0.5, 0.6) is 5.75 Å². The molecule has 6 nitrogen and oxygen atoms in total. The van der Waals surface area contributed by atoms with Crippen molar-refractivity contribution in [3.63, 3.8) is 0 Å². The van der Waals surface area contributed by atoms with Gasteiger partial charge in [0.15, 0.2) is 5.13 Å². The van der Waals surface area contributed by atoms with Gasteiger partial charge in [-0.1, -0.05) is 29.5 Å². The van der Waals surface area contributed by atoms with E-state index in [9.17, 15) is 8.42 Å². The Labute approximate surface area is 148 Å².